The van der Waals surface area contributed by atoms with Gasteiger partial charge in [0.15, 0.2) is 4.96 Å². The van der Waals surface area contributed by atoms with Crippen LogP contribution in [0.2, 0.25) is 0 Å². The molecule has 0 bridgehead atoms. The number of hydrogen-bond donors (Lipinski definition) is 0. The summed E-state index contributed by atoms with van der Waals surface area (Å²) in [6, 6.07) is 13.9. The van der Waals surface area contributed by atoms with E-state index in [1.165, 1.54) is 11.3 Å². The number of rotatable bonds is 2. The maximum Gasteiger partial charge on any atom is 0.274 e. The quantitative estimate of drug-likeness (QED) is 0.466. The molecule has 0 aliphatic carbocycles. The van der Waals surface area contributed by atoms with Crippen molar-refractivity contribution < 1.29 is 0 Å². The van der Waals surface area contributed by atoms with Gasteiger partial charge in [0.05, 0.1) is 15.6 Å². The minimum atomic E-state index is -0.0213. The van der Waals surface area contributed by atoms with Crippen LogP contribution in [0, 0.1) is 20.8 Å². The Kier molecular flexibility index (Phi) is 3.70. The number of imidazole rings is 1. The van der Waals surface area contributed by atoms with Crippen LogP contribution in [0.1, 0.15) is 22.5 Å². The molecule has 4 heterocycles. The van der Waals surface area contributed by atoms with Gasteiger partial charge in [-0.05, 0) is 62.2 Å². The Balaban J connectivity index is 1.70. The van der Waals surface area contributed by atoms with Crippen LogP contribution < -0.4 is 10.1 Å². The minimum Gasteiger partial charge on any atom is -0.303 e. The Bertz CT molecular complexity index is 1450. The molecule has 0 aliphatic rings. The van der Waals surface area contributed by atoms with Crippen molar-refractivity contribution in [3.05, 3.63) is 86.1 Å². The lowest BCUT2D eigenvalue weighted by molar-refractivity contribution is 0.918. The molecule has 0 radical (unpaired) electrons. The maximum atomic E-state index is 13.0. The van der Waals surface area contributed by atoms with Crippen LogP contribution in [0.3, 0.4) is 0 Å². The molecule has 4 aromatic heterocycles. The van der Waals surface area contributed by atoms with E-state index >= 15 is 0 Å². The molecule has 5 aromatic rings. The maximum absolute atomic E-state index is 13.0. The molecular formula is C22H18N4OS. The molecule has 0 fully saturated rings. The molecule has 5 nitrogen and oxygen atoms in total. The lowest BCUT2D eigenvalue weighted by Crippen LogP contribution is -2.22. The largest absolute Gasteiger partial charge is 0.303 e. The van der Waals surface area contributed by atoms with Crippen molar-refractivity contribution in [2.45, 2.75) is 20.8 Å². The molecule has 0 saturated carbocycles. The van der Waals surface area contributed by atoms with E-state index in [-0.39, 0.29) is 5.56 Å². The smallest absolute Gasteiger partial charge is 0.274 e. The van der Waals surface area contributed by atoms with Gasteiger partial charge in [0.2, 0.25) is 0 Å². The van der Waals surface area contributed by atoms with Gasteiger partial charge in [-0.15, -0.1) is 0 Å². The van der Waals surface area contributed by atoms with E-state index < -0.39 is 0 Å². The fraction of sp³-hybridized carbons (Fsp3) is 0.136. The summed E-state index contributed by atoms with van der Waals surface area (Å²) in [5, 5.41) is 0. The first kappa shape index (κ1) is 16.9. The second-order valence-corrected chi connectivity index (χ2v) is 8.00. The van der Waals surface area contributed by atoms with E-state index in [4.69, 9.17) is 0 Å². The molecule has 0 N–H and O–H groups in total. The Hall–Kier alpha value is -3.25. The minimum absolute atomic E-state index is 0.0213. The summed E-state index contributed by atoms with van der Waals surface area (Å²) < 4.78 is 4.50. The number of thiazole rings is 1. The molecule has 0 atom stereocenters. The summed E-state index contributed by atoms with van der Waals surface area (Å²) in [7, 11) is 0. The molecule has 0 saturated heterocycles. The van der Waals surface area contributed by atoms with Crippen molar-refractivity contribution in [1.29, 1.82) is 0 Å². The second kappa shape index (κ2) is 6.14. The van der Waals surface area contributed by atoms with Crippen molar-refractivity contribution in [2.75, 3.05) is 0 Å². The van der Waals surface area contributed by atoms with Gasteiger partial charge in [0, 0.05) is 17.6 Å². The van der Waals surface area contributed by atoms with Crippen molar-refractivity contribution in [1.82, 2.24) is 18.9 Å². The van der Waals surface area contributed by atoms with E-state index in [1.807, 2.05) is 49.5 Å². The summed E-state index contributed by atoms with van der Waals surface area (Å²) in [5.74, 6) is 0.884. The van der Waals surface area contributed by atoms with Crippen LogP contribution in [-0.2, 0) is 0 Å². The summed E-state index contributed by atoms with van der Waals surface area (Å²) in [6.45, 7) is 6.13. The zero-order valence-corrected chi connectivity index (χ0v) is 16.6. The summed E-state index contributed by atoms with van der Waals surface area (Å²) in [6.07, 6.45) is 3.83. The standard InChI is InChI=1S/C22H18N4OS/c1-13-8-9-20(23-12-13)25-14(2)10-16(15(25)3)11-19-21(27)26-18-7-5-4-6-17(18)24-22(26)28-19/h4-12H,1-3H3/b19-11-. The molecule has 138 valence electrons. The van der Waals surface area contributed by atoms with Crippen LogP contribution in [0.15, 0.2) is 53.5 Å². The van der Waals surface area contributed by atoms with E-state index in [9.17, 15) is 4.79 Å². The summed E-state index contributed by atoms with van der Waals surface area (Å²) in [4.78, 5) is 22.9. The Morgan fingerprint density at radius 1 is 1.07 bits per heavy atom. The van der Waals surface area contributed by atoms with E-state index in [0.717, 1.165) is 44.3 Å². The van der Waals surface area contributed by atoms with Crippen molar-refractivity contribution >= 4 is 33.4 Å². The zero-order chi connectivity index (χ0) is 19.4. The highest BCUT2D eigenvalue weighted by Crippen LogP contribution is 2.21. The van der Waals surface area contributed by atoms with Gasteiger partial charge in [-0.25, -0.2) is 14.4 Å². The fourth-order valence-corrected chi connectivity index (χ4v) is 4.61. The zero-order valence-electron chi connectivity index (χ0n) is 15.8. The van der Waals surface area contributed by atoms with E-state index in [1.54, 1.807) is 4.40 Å². The number of para-hydroxylation sites is 2. The summed E-state index contributed by atoms with van der Waals surface area (Å²) in [5.41, 5.74) is 5.97. The fourth-order valence-electron chi connectivity index (χ4n) is 3.63. The first-order valence-corrected chi connectivity index (χ1v) is 9.88. The Labute approximate surface area is 165 Å². The van der Waals surface area contributed by atoms with Crippen molar-refractivity contribution in [2.24, 2.45) is 0 Å². The van der Waals surface area contributed by atoms with Gasteiger partial charge < -0.3 is 4.57 Å². The molecular weight excluding hydrogens is 368 g/mol. The Morgan fingerprint density at radius 2 is 1.89 bits per heavy atom. The molecule has 6 heteroatoms. The first-order valence-electron chi connectivity index (χ1n) is 9.06. The van der Waals surface area contributed by atoms with Crippen LogP contribution in [0.5, 0.6) is 0 Å². The lowest BCUT2D eigenvalue weighted by Gasteiger charge is -2.08. The number of pyridine rings is 1. The third-order valence-corrected chi connectivity index (χ3v) is 6.00. The first-order chi connectivity index (χ1) is 13.5. The molecule has 0 unspecified atom stereocenters. The molecule has 1 aromatic carbocycles. The predicted molar refractivity (Wildman–Crippen MR) is 113 cm³/mol. The van der Waals surface area contributed by atoms with Gasteiger partial charge in [-0.3, -0.25) is 4.79 Å². The number of aryl methyl sites for hydroxylation is 2. The van der Waals surface area contributed by atoms with Gasteiger partial charge in [0.1, 0.15) is 5.82 Å². The number of aromatic nitrogens is 4. The van der Waals surface area contributed by atoms with Crippen LogP contribution in [0.25, 0.3) is 27.9 Å². The molecule has 5 rings (SSSR count). The van der Waals surface area contributed by atoms with Gasteiger partial charge in [-0.2, -0.15) is 0 Å². The SMILES string of the molecule is Cc1ccc(-n2c(C)cc(/C=c3\sc4nc5ccccc5n4c3=O)c2C)nc1. The third-order valence-electron chi connectivity index (χ3n) is 5.03. The number of fused-ring (bicyclic) bond motifs is 3. The van der Waals surface area contributed by atoms with Crippen LogP contribution in [-0.4, -0.2) is 18.9 Å². The highest BCUT2D eigenvalue weighted by Gasteiger charge is 2.13. The monoisotopic (exact) mass is 386 g/mol. The van der Waals surface area contributed by atoms with Crippen molar-refractivity contribution in [3.63, 3.8) is 0 Å². The highest BCUT2D eigenvalue weighted by atomic mass is 32.1. The van der Waals surface area contributed by atoms with E-state index in [2.05, 4.69) is 40.5 Å². The molecule has 0 aliphatic heterocycles. The average Bonchev–Trinajstić information content (AvgIpc) is 3.28. The van der Waals surface area contributed by atoms with Crippen LogP contribution in [0.4, 0.5) is 0 Å². The molecule has 0 amide bonds. The lowest BCUT2D eigenvalue weighted by atomic mass is 10.2. The predicted octanol–water partition coefficient (Wildman–Crippen LogP) is 3.57. The average molecular weight is 386 g/mol. The normalized spacial score (nSPS) is 12.5. The van der Waals surface area contributed by atoms with Gasteiger partial charge in [0.25, 0.3) is 5.56 Å². The topological polar surface area (TPSA) is 52.2 Å². The summed E-state index contributed by atoms with van der Waals surface area (Å²) >= 11 is 1.42. The molecule has 28 heavy (non-hydrogen) atoms. The van der Waals surface area contributed by atoms with Crippen molar-refractivity contribution in [3.8, 4) is 5.82 Å². The van der Waals surface area contributed by atoms with E-state index in [0.29, 0.717) is 4.53 Å². The number of nitrogens with zero attached hydrogens (tertiary/aromatic N) is 4. The van der Waals surface area contributed by atoms with Gasteiger partial charge >= 0.3 is 0 Å². The third kappa shape index (κ3) is 2.49. The van der Waals surface area contributed by atoms with Crippen LogP contribution >= 0.6 is 11.3 Å². The Morgan fingerprint density at radius 3 is 2.68 bits per heavy atom. The second-order valence-electron chi connectivity index (χ2n) is 6.99. The highest BCUT2D eigenvalue weighted by molar-refractivity contribution is 7.15. The van der Waals surface area contributed by atoms with Gasteiger partial charge in [-0.1, -0.05) is 29.5 Å². The molecule has 0 spiro atoms. The number of benzene rings is 1. The number of hydrogen-bond acceptors (Lipinski definition) is 4.